The predicted molar refractivity (Wildman–Crippen MR) is 135 cm³/mol. The van der Waals surface area contributed by atoms with Crippen LogP contribution in [0.25, 0.3) is 5.69 Å². The fourth-order valence-corrected chi connectivity index (χ4v) is 5.87. The minimum Gasteiger partial charge on any atom is -0.481 e. The maximum absolute atomic E-state index is 14.4. The molecule has 36 heavy (non-hydrogen) atoms. The monoisotopic (exact) mass is 530 g/mol. The number of hydrogen-bond donors (Lipinski definition) is 1. The lowest BCUT2D eigenvalue weighted by Gasteiger charge is -2.33. The first-order chi connectivity index (χ1) is 17.3. The average molecular weight is 531 g/mol. The summed E-state index contributed by atoms with van der Waals surface area (Å²) >= 11 is 12.6. The van der Waals surface area contributed by atoms with Gasteiger partial charge in [-0.1, -0.05) is 35.3 Å². The highest BCUT2D eigenvalue weighted by Crippen LogP contribution is 2.43. The molecule has 2 amide bonds. The molecule has 2 aromatic carbocycles. The fourth-order valence-electron chi connectivity index (χ4n) is 5.41. The first kappa shape index (κ1) is 24.6. The highest BCUT2D eigenvalue weighted by atomic mass is 35.5. The van der Waals surface area contributed by atoms with Gasteiger partial charge >= 0.3 is 0 Å². The van der Waals surface area contributed by atoms with Gasteiger partial charge in [-0.25, -0.2) is 4.39 Å². The second-order valence-electron chi connectivity index (χ2n) is 9.24. The van der Waals surface area contributed by atoms with Crippen LogP contribution in [0.1, 0.15) is 52.1 Å². The molecule has 7 nitrogen and oxygen atoms in total. The summed E-state index contributed by atoms with van der Waals surface area (Å²) in [6, 6.07) is 10.8. The van der Waals surface area contributed by atoms with Crippen molar-refractivity contribution in [2.75, 3.05) is 13.7 Å². The van der Waals surface area contributed by atoms with Gasteiger partial charge < -0.3 is 15.0 Å². The maximum Gasteiger partial charge on any atom is 0.272 e. The van der Waals surface area contributed by atoms with Gasteiger partial charge in [-0.3, -0.25) is 9.59 Å². The molecule has 2 aliphatic rings. The number of fused-ring (bicyclic) bond motifs is 1. The van der Waals surface area contributed by atoms with Crippen LogP contribution in [0, 0.1) is 12.7 Å². The van der Waals surface area contributed by atoms with Crippen molar-refractivity contribution in [1.29, 1.82) is 0 Å². The Labute approximate surface area is 218 Å². The third kappa shape index (κ3) is 4.02. The summed E-state index contributed by atoms with van der Waals surface area (Å²) in [7, 11) is 1.44. The minimum absolute atomic E-state index is 0.108. The van der Waals surface area contributed by atoms with Crippen LogP contribution in [0.4, 0.5) is 4.39 Å². The van der Waals surface area contributed by atoms with Gasteiger partial charge in [0.2, 0.25) is 5.88 Å². The second kappa shape index (κ2) is 9.41. The van der Waals surface area contributed by atoms with Crippen molar-refractivity contribution in [3.8, 4) is 11.6 Å². The van der Waals surface area contributed by atoms with Gasteiger partial charge in [-0.05, 0) is 62.4 Å². The van der Waals surface area contributed by atoms with E-state index >= 15 is 0 Å². The van der Waals surface area contributed by atoms with Crippen molar-refractivity contribution in [1.82, 2.24) is 20.0 Å². The van der Waals surface area contributed by atoms with Crippen molar-refractivity contribution in [3.05, 3.63) is 75.1 Å². The Hall–Kier alpha value is -3.10. The van der Waals surface area contributed by atoms with E-state index in [0.29, 0.717) is 34.1 Å². The summed E-state index contributed by atoms with van der Waals surface area (Å²) in [5, 5.41) is 8.34. The summed E-state index contributed by atoms with van der Waals surface area (Å²) in [6.07, 6.45) is 2.99. The molecule has 1 aromatic heterocycles. The Kier molecular flexibility index (Phi) is 6.43. The highest BCUT2D eigenvalue weighted by Gasteiger charge is 2.53. The Morgan fingerprint density at radius 1 is 1.19 bits per heavy atom. The first-order valence-electron chi connectivity index (χ1n) is 11.7. The molecule has 1 aliphatic heterocycles. The van der Waals surface area contributed by atoms with Crippen LogP contribution in [-0.4, -0.2) is 51.7 Å². The summed E-state index contributed by atoms with van der Waals surface area (Å²) < 4.78 is 21.0. The molecule has 2 atom stereocenters. The van der Waals surface area contributed by atoms with Crippen molar-refractivity contribution in [3.63, 3.8) is 0 Å². The Balaban J connectivity index is 1.40. The normalized spacial score (nSPS) is 20.9. The average Bonchev–Trinajstić information content (AvgIpc) is 3.56. The van der Waals surface area contributed by atoms with Crippen LogP contribution >= 0.6 is 23.2 Å². The zero-order chi connectivity index (χ0) is 25.6. The molecule has 5 rings (SSSR count). The second-order valence-corrected chi connectivity index (χ2v) is 10.0. The zero-order valence-electron chi connectivity index (χ0n) is 19.9. The van der Waals surface area contributed by atoms with E-state index in [2.05, 4.69) is 10.4 Å². The van der Waals surface area contributed by atoms with Crippen LogP contribution in [0.3, 0.4) is 0 Å². The molecule has 1 N–H and O–H groups in total. The van der Waals surface area contributed by atoms with E-state index in [1.807, 2.05) is 0 Å². The van der Waals surface area contributed by atoms with E-state index < -0.39 is 17.3 Å². The number of nitrogens with zero attached hydrogens (tertiary/aromatic N) is 3. The number of amides is 2. The number of carbonyl (C=O) groups excluding carboxylic acids is 2. The third-order valence-corrected chi connectivity index (χ3v) is 8.18. The molecule has 10 heteroatoms. The molecule has 0 spiro atoms. The number of rotatable bonds is 5. The van der Waals surface area contributed by atoms with Gasteiger partial charge in [-0.15, -0.1) is 0 Å². The fraction of sp³-hybridized carbons (Fsp3) is 0.346. The maximum atomic E-state index is 14.4. The van der Waals surface area contributed by atoms with Crippen LogP contribution in [0.2, 0.25) is 10.0 Å². The van der Waals surface area contributed by atoms with Gasteiger partial charge in [0.15, 0.2) is 5.69 Å². The van der Waals surface area contributed by atoms with Crippen LogP contribution in [-0.2, 0) is 0 Å². The molecule has 3 aromatic rings. The SMILES string of the molecule is COc1cc(C(=O)N[C@@]23CCC[C@@H]2N(C(=O)c2ccc(Cl)c(C)c2Cl)CC3)nn1-c1ccccc1F. The number of para-hydroxylation sites is 1. The van der Waals surface area contributed by atoms with E-state index in [0.717, 1.165) is 19.3 Å². The number of ether oxygens (including phenoxy) is 1. The number of nitrogens with one attached hydrogen (secondary N) is 1. The zero-order valence-corrected chi connectivity index (χ0v) is 21.4. The molecule has 1 saturated heterocycles. The van der Waals surface area contributed by atoms with Crippen molar-refractivity contribution >= 4 is 35.0 Å². The number of aromatic nitrogens is 2. The Morgan fingerprint density at radius 2 is 1.97 bits per heavy atom. The lowest BCUT2D eigenvalue weighted by Crippen LogP contribution is -2.54. The summed E-state index contributed by atoms with van der Waals surface area (Å²) in [5.74, 6) is -0.818. The van der Waals surface area contributed by atoms with Crippen LogP contribution < -0.4 is 10.1 Å². The lowest BCUT2D eigenvalue weighted by atomic mass is 9.92. The molecule has 1 aliphatic carbocycles. The Bertz CT molecular complexity index is 1360. The number of halogens is 3. The van der Waals surface area contributed by atoms with Crippen molar-refractivity contribution in [2.45, 2.75) is 44.2 Å². The topological polar surface area (TPSA) is 76.5 Å². The smallest absolute Gasteiger partial charge is 0.272 e. The van der Waals surface area contributed by atoms with Gasteiger partial charge in [-0.2, -0.15) is 9.78 Å². The molecule has 188 valence electrons. The third-order valence-electron chi connectivity index (χ3n) is 7.29. The molecule has 0 bridgehead atoms. The van der Waals surface area contributed by atoms with E-state index in [4.69, 9.17) is 27.9 Å². The predicted octanol–water partition coefficient (Wildman–Crippen LogP) is 5.20. The molecular formula is C26H25Cl2FN4O3. The van der Waals surface area contributed by atoms with Crippen molar-refractivity contribution < 1.29 is 18.7 Å². The number of methoxy groups -OCH3 is 1. The molecule has 2 fully saturated rings. The quantitative estimate of drug-likeness (QED) is 0.491. The Morgan fingerprint density at radius 3 is 2.72 bits per heavy atom. The molecule has 0 radical (unpaired) electrons. The number of hydrogen-bond acceptors (Lipinski definition) is 4. The molecule has 1 saturated carbocycles. The van der Waals surface area contributed by atoms with E-state index in [1.54, 1.807) is 42.2 Å². The largest absolute Gasteiger partial charge is 0.481 e. The van der Waals surface area contributed by atoms with Gasteiger partial charge in [0.25, 0.3) is 11.8 Å². The molecule has 2 heterocycles. The highest BCUT2D eigenvalue weighted by molar-refractivity contribution is 6.38. The minimum atomic E-state index is -0.574. The number of benzene rings is 2. The van der Waals surface area contributed by atoms with E-state index in [1.165, 1.54) is 23.9 Å². The van der Waals surface area contributed by atoms with Gasteiger partial charge in [0.1, 0.15) is 11.5 Å². The summed E-state index contributed by atoms with van der Waals surface area (Å²) in [6.45, 7) is 2.27. The van der Waals surface area contributed by atoms with Gasteiger partial charge in [0.05, 0.1) is 29.3 Å². The van der Waals surface area contributed by atoms with E-state index in [9.17, 15) is 14.0 Å². The summed E-state index contributed by atoms with van der Waals surface area (Å²) in [5.41, 5.74) is 0.777. The van der Waals surface area contributed by atoms with E-state index in [-0.39, 0.29) is 29.2 Å². The standard InChI is InChI=1S/C26H25Cl2FN4O3/c1-15-17(27)10-9-16(23(15)28)25(35)32-13-12-26(11-5-8-21(26)32)30-24(34)19-14-22(36-2)33(31-19)20-7-4-3-6-18(20)29/h3-4,6-7,9-10,14,21H,5,8,11-13H2,1-2H3,(H,30,34)/t21-,26+/m0/s1. The number of likely N-dealkylation sites (tertiary alicyclic amines) is 1. The summed E-state index contributed by atoms with van der Waals surface area (Å²) in [4.78, 5) is 28.6. The van der Waals surface area contributed by atoms with Crippen LogP contribution in [0.5, 0.6) is 5.88 Å². The number of carbonyl (C=O) groups is 2. The molecule has 0 unspecified atom stereocenters. The van der Waals surface area contributed by atoms with Crippen LogP contribution in [0.15, 0.2) is 42.5 Å². The first-order valence-corrected chi connectivity index (χ1v) is 12.5. The molecular weight excluding hydrogens is 506 g/mol. The van der Waals surface area contributed by atoms with Gasteiger partial charge in [0, 0.05) is 17.6 Å². The lowest BCUT2D eigenvalue weighted by molar-refractivity contribution is 0.0694. The van der Waals surface area contributed by atoms with Crippen molar-refractivity contribution in [2.24, 2.45) is 0 Å².